The second-order valence-corrected chi connectivity index (χ2v) is 13.2. The summed E-state index contributed by atoms with van der Waals surface area (Å²) in [6.07, 6.45) is 6.16. The summed E-state index contributed by atoms with van der Waals surface area (Å²) in [5.74, 6) is 0. The van der Waals surface area contributed by atoms with Gasteiger partial charge in [0, 0.05) is 28.4 Å². The summed E-state index contributed by atoms with van der Waals surface area (Å²) in [5.41, 5.74) is 4.00. The SMILES string of the molecule is CCc1cccc(CC)c1N1C=CN(P(=O)(C(C)(C)C)C(C)(C)C)C1. The van der Waals surface area contributed by atoms with E-state index in [-0.39, 0.29) is 10.3 Å². The second kappa shape index (κ2) is 6.83. The van der Waals surface area contributed by atoms with E-state index < -0.39 is 7.29 Å². The Labute approximate surface area is 154 Å². The predicted molar refractivity (Wildman–Crippen MR) is 111 cm³/mol. The molecule has 1 aliphatic heterocycles. The van der Waals surface area contributed by atoms with Gasteiger partial charge in [-0.1, -0.05) is 73.6 Å². The van der Waals surface area contributed by atoms with Crippen molar-refractivity contribution in [3.63, 3.8) is 0 Å². The van der Waals surface area contributed by atoms with E-state index in [9.17, 15) is 4.57 Å². The molecular formula is C21H35N2OP. The quantitative estimate of drug-likeness (QED) is 0.593. The molecule has 25 heavy (non-hydrogen) atoms. The molecule has 0 atom stereocenters. The Morgan fingerprint density at radius 1 is 0.920 bits per heavy atom. The lowest BCUT2D eigenvalue weighted by Gasteiger charge is -2.46. The van der Waals surface area contributed by atoms with Crippen molar-refractivity contribution in [2.75, 3.05) is 11.6 Å². The molecule has 0 amide bonds. The Bertz CT molecular complexity index is 655. The van der Waals surface area contributed by atoms with Crippen molar-refractivity contribution in [2.24, 2.45) is 0 Å². The van der Waals surface area contributed by atoms with Crippen LogP contribution in [0.15, 0.2) is 30.6 Å². The van der Waals surface area contributed by atoms with Crippen molar-refractivity contribution >= 4 is 13.0 Å². The Morgan fingerprint density at radius 3 is 1.80 bits per heavy atom. The molecule has 0 N–H and O–H groups in total. The molecule has 0 fully saturated rings. The van der Waals surface area contributed by atoms with Crippen molar-refractivity contribution in [3.05, 3.63) is 41.7 Å². The fraction of sp³-hybridized carbons (Fsp3) is 0.619. The number of para-hydroxylation sites is 1. The standard InChI is InChI=1S/C21H35N2OP/c1-9-17-12-11-13-18(10-2)19(17)22-14-15-23(16-22)25(24,20(3,4)5)21(6,7)8/h11-15H,9-10,16H2,1-8H3. The van der Waals surface area contributed by atoms with Crippen LogP contribution in [0.3, 0.4) is 0 Å². The molecule has 0 aliphatic carbocycles. The third-order valence-corrected chi connectivity index (χ3v) is 9.77. The maximum Gasteiger partial charge on any atom is 0.183 e. The molecule has 2 rings (SSSR count). The monoisotopic (exact) mass is 362 g/mol. The van der Waals surface area contributed by atoms with Crippen molar-refractivity contribution in [1.82, 2.24) is 4.67 Å². The normalized spacial score (nSPS) is 16.0. The second-order valence-electron chi connectivity index (χ2n) is 8.90. The fourth-order valence-corrected chi connectivity index (χ4v) is 8.21. The molecule has 1 aliphatic rings. The molecule has 0 bridgehead atoms. The highest BCUT2D eigenvalue weighted by Gasteiger charge is 2.51. The number of benzene rings is 1. The zero-order valence-corrected chi connectivity index (χ0v) is 18.2. The molecule has 0 radical (unpaired) electrons. The minimum Gasteiger partial charge on any atom is -0.328 e. The van der Waals surface area contributed by atoms with E-state index >= 15 is 0 Å². The average Bonchev–Trinajstić information content (AvgIpc) is 3.00. The van der Waals surface area contributed by atoms with Crippen molar-refractivity contribution < 1.29 is 4.57 Å². The molecule has 3 nitrogen and oxygen atoms in total. The van der Waals surface area contributed by atoms with E-state index in [1.54, 1.807) is 0 Å². The minimum atomic E-state index is -2.63. The molecular weight excluding hydrogens is 327 g/mol. The molecule has 140 valence electrons. The van der Waals surface area contributed by atoms with Gasteiger partial charge in [0.2, 0.25) is 0 Å². The van der Waals surface area contributed by atoms with E-state index in [1.807, 2.05) is 6.20 Å². The largest absolute Gasteiger partial charge is 0.328 e. The van der Waals surface area contributed by atoms with Gasteiger partial charge in [0.15, 0.2) is 7.29 Å². The zero-order chi connectivity index (χ0) is 19.0. The van der Waals surface area contributed by atoms with Gasteiger partial charge in [-0.3, -0.25) is 4.57 Å². The van der Waals surface area contributed by atoms with Crippen LogP contribution in [0.2, 0.25) is 0 Å². The van der Waals surface area contributed by atoms with Gasteiger partial charge in [-0.25, -0.2) is 0 Å². The highest BCUT2D eigenvalue weighted by atomic mass is 31.2. The van der Waals surface area contributed by atoms with E-state index in [1.165, 1.54) is 16.8 Å². The first-order valence-corrected chi connectivity index (χ1v) is 11.1. The number of nitrogens with zero attached hydrogens (tertiary/aromatic N) is 2. The van der Waals surface area contributed by atoms with Gasteiger partial charge in [0.25, 0.3) is 0 Å². The molecule has 1 aromatic rings. The zero-order valence-electron chi connectivity index (χ0n) is 17.3. The van der Waals surface area contributed by atoms with Crippen LogP contribution in [0.5, 0.6) is 0 Å². The molecule has 4 heteroatoms. The third-order valence-electron chi connectivity index (χ3n) is 5.15. The number of hydrogen-bond acceptors (Lipinski definition) is 2. The highest BCUT2D eigenvalue weighted by molar-refractivity contribution is 7.64. The van der Waals surface area contributed by atoms with Crippen LogP contribution in [-0.4, -0.2) is 21.7 Å². The maximum atomic E-state index is 14.2. The van der Waals surface area contributed by atoms with Gasteiger partial charge >= 0.3 is 0 Å². The van der Waals surface area contributed by atoms with Gasteiger partial charge in [0.05, 0.1) is 0 Å². The third kappa shape index (κ3) is 3.40. The van der Waals surface area contributed by atoms with Gasteiger partial charge in [-0.05, 0) is 24.0 Å². The molecule has 0 saturated carbocycles. The number of rotatable bonds is 4. The van der Waals surface area contributed by atoms with Crippen molar-refractivity contribution in [3.8, 4) is 0 Å². The molecule has 0 spiro atoms. The van der Waals surface area contributed by atoms with Crippen LogP contribution in [-0.2, 0) is 17.4 Å². The van der Waals surface area contributed by atoms with Crippen LogP contribution in [0.1, 0.15) is 66.5 Å². The lowest BCUT2D eigenvalue weighted by Crippen LogP contribution is -2.39. The maximum absolute atomic E-state index is 14.2. The van der Waals surface area contributed by atoms with Gasteiger partial charge < -0.3 is 9.57 Å². The topological polar surface area (TPSA) is 23.6 Å². The Hall–Kier alpha value is -1.21. The first-order valence-electron chi connectivity index (χ1n) is 9.40. The Balaban J connectivity index is 2.44. The van der Waals surface area contributed by atoms with E-state index in [0.717, 1.165) is 12.8 Å². The van der Waals surface area contributed by atoms with E-state index in [2.05, 4.69) is 89.4 Å². The van der Waals surface area contributed by atoms with Crippen molar-refractivity contribution in [1.29, 1.82) is 0 Å². The molecule has 1 aromatic carbocycles. The molecule has 0 saturated heterocycles. The van der Waals surface area contributed by atoms with Gasteiger partial charge in [-0.15, -0.1) is 0 Å². The Morgan fingerprint density at radius 2 is 1.40 bits per heavy atom. The summed E-state index contributed by atoms with van der Waals surface area (Å²) in [6, 6.07) is 6.56. The smallest absolute Gasteiger partial charge is 0.183 e. The first kappa shape index (κ1) is 20.1. The van der Waals surface area contributed by atoms with Crippen LogP contribution < -0.4 is 4.90 Å². The predicted octanol–water partition coefficient (Wildman–Crippen LogP) is 6.24. The van der Waals surface area contributed by atoms with Crippen molar-refractivity contribution in [2.45, 2.75) is 78.5 Å². The lowest BCUT2D eigenvalue weighted by atomic mass is 10.0. The lowest BCUT2D eigenvalue weighted by molar-refractivity contribution is 0.448. The van der Waals surface area contributed by atoms with Gasteiger partial charge in [-0.2, -0.15) is 0 Å². The van der Waals surface area contributed by atoms with Crippen LogP contribution in [0.25, 0.3) is 0 Å². The summed E-state index contributed by atoms with van der Waals surface area (Å²) in [7, 11) is -2.63. The number of hydrogen-bond donors (Lipinski definition) is 0. The highest BCUT2D eigenvalue weighted by Crippen LogP contribution is 2.69. The van der Waals surface area contributed by atoms with Crippen LogP contribution in [0.4, 0.5) is 5.69 Å². The number of anilines is 1. The Kier molecular flexibility index (Phi) is 5.50. The molecule has 1 heterocycles. The first-order chi connectivity index (χ1) is 11.5. The fourth-order valence-electron chi connectivity index (χ4n) is 4.10. The summed E-state index contributed by atoms with van der Waals surface area (Å²) in [4.78, 5) is 2.28. The van der Waals surface area contributed by atoms with Crippen LogP contribution in [0, 0.1) is 0 Å². The van der Waals surface area contributed by atoms with Gasteiger partial charge in [0.1, 0.15) is 6.67 Å². The minimum absolute atomic E-state index is 0.274. The van der Waals surface area contributed by atoms with E-state index in [0.29, 0.717) is 6.67 Å². The summed E-state index contributed by atoms with van der Waals surface area (Å²) in [6.45, 7) is 17.7. The average molecular weight is 362 g/mol. The summed E-state index contributed by atoms with van der Waals surface area (Å²) >= 11 is 0. The van der Waals surface area contributed by atoms with E-state index in [4.69, 9.17) is 0 Å². The number of aryl methyl sites for hydroxylation is 2. The van der Waals surface area contributed by atoms with Crippen LogP contribution >= 0.6 is 7.29 Å². The molecule has 0 unspecified atom stereocenters. The summed E-state index contributed by atoms with van der Waals surface area (Å²) < 4.78 is 16.3. The summed E-state index contributed by atoms with van der Waals surface area (Å²) in [5, 5.41) is -0.549. The molecule has 0 aromatic heterocycles.